The van der Waals surface area contributed by atoms with Gasteiger partial charge in [-0.05, 0) is 26.6 Å². The molecule has 0 unspecified atom stereocenters. The third kappa shape index (κ3) is 5.41. The summed E-state index contributed by atoms with van der Waals surface area (Å²) in [5.74, 6) is 0.970. The van der Waals surface area contributed by atoms with Gasteiger partial charge in [-0.1, -0.05) is 18.2 Å². The summed E-state index contributed by atoms with van der Waals surface area (Å²) in [6.07, 6.45) is 0.742. The van der Waals surface area contributed by atoms with Crippen LogP contribution in [0.4, 0.5) is 0 Å². The van der Waals surface area contributed by atoms with Crippen molar-refractivity contribution < 1.29 is 14.6 Å². The van der Waals surface area contributed by atoms with Crippen molar-refractivity contribution in [3.05, 3.63) is 29.8 Å². The Balaban J connectivity index is 1.47. The second-order valence-corrected chi connectivity index (χ2v) is 7.56. The van der Waals surface area contributed by atoms with Crippen LogP contribution in [0.3, 0.4) is 0 Å². The second kappa shape index (κ2) is 9.67. The fourth-order valence-electron chi connectivity index (χ4n) is 3.79. The first-order chi connectivity index (χ1) is 12.6. The average Bonchev–Trinajstić information content (AvgIpc) is 3.01. The van der Waals surface area contributed by atoms with Gasteiger partial charge in [0.2, 0.25) is 0 Å². The zero-order valence-corrected chi connectivity index (χ0v) is 16.1. The Hall–Kier alpha value is -1.18. The molecule has 146 valence electrons. The SMILES string of the molecule is CN(C)[C@H]1CN(Cc2ccccc2OCCCN2CCOCC2)C[C@@H]1O. The van der Waals surface area contributed by atoms with Gasteiger partial charge in [0.1, 0.15) is 5.75 Å². The molecule has 2 aliphatic heterocycles. The minimum absolute atomic E-state index is 0.205. The predicted molar refractivity (Wildman–Crippen MR) is 103 cm³/mol. The van der Waals surface area contributed by atoms with Crippen molar-refractivity contribution in [3.8, 4) is 5.75 Å². The summed E-state index contributed by atoms with van der Waals surface area (Å²) in [7, 11) is 4.06. The number of likely N-dealkylation sites (tertiary alicyclic amines) is 1. The summed E-state index contributed by atoms with van der Waals surface area (Å²) in [6, 6.07) is 8.48. The van der Waals surface area contributed by atoms with Gasteiger partial charge in [-0.25, -0.2) is 0 Å². The first-order valence-corrected chi connectivity index (χ1v) is 9.71. The number of nitrogens with zero attached hydrogens (tertiary/aromatic N) is 3. The van der Waals surface area contributed by atoms with Crippen molar-refractivity contribution in [2.24, 2.45) is 0 Å². The largest absolute Gasteiger partial charge is 0.493 e. The van der Waals surface area contributed by atoms with Crippen molar-refractivity contribution in [1.29, 1.82) is 0 Å². The topological polar surface area (TPSA) is 48.4 Å². The van der Waals surface area contributed by atoms with Gasteiger partial charge in [0.05, 0.1) is 25.9 Å². The highest BCUT2D eigenvalue weighted by atomic mass is 16.5. The molecule has 0 aliphatic carbocycles. The molecule has 2 atom stereocenters. The highest BCUT2D eigenvalue weighted by molar-refractivity contribution is 5.33. The molecule has 6 heteroatoms. The van der Waals surface area contributed by atoms with E-state index in [1.807, 2.05) is 20.2 Å². The van der Waals surface area contributed by atoms with Crippen LogP contribution in [-0.2, 0) is 11.3 Å². The average molecular weight is 364 g/mol. The summed E-state index contributed by atoms with van der Waals surface area (Å²) >= 11 is 0. The molecule has 0 saturated carbocycles. The number of β-amino-alcohol motifs (C(OH)–C–C–N with tert-alkyl or cyclic N) is 1. The fourth-order valence-corrected chi connectivity index (χ4v) is 3.79. The van der Waals surface area contributed by atoms with Crippen LogP contribution in [0.2, 0.25) is 0 Å². The number of morpholine rings is 1. The lowest BCUT2D eigenvalue weighted by atomic mass is 10.2. The number of benzene rings is 1. The second-order valence-electron chi connectivity index (χ2n) is 7.56. The molecule has 0 aromatic heterocycles. The van der Waals surface area contributed by atoms with Gasteiger partial charge in [0, 0.05) is 50.9 Å². The molecule has 0 amide bonds. The van der Waals surface area contributed by atoms with E-state index >= 15 is 0 Å². The van der Waals surface area contributed by atoms with Crippen molar-refractivity contribution in [2.45, 2.75) is 25.1 Å². The molecule has 26 heavy (non-hydrogen) atoms. The number of para-hydroxylation sites is 1. The minimum atomic E-state index is -0.286. The van der Waals surface area contributed by atoms with Gasteiger partial charge in [-0.2, -0.15) is 0 Å². The first kappa shape index (κ1) is 19.6. The Morgan fingerprint density at radius 3 is 2.65 bits per heavy atom. The third-order valence-electron chi connectivity index (χ3n) is 5.34. The number of aliphatic hydroxyl groups is 1. The molecule has 0 spiro atoms. The molecule has 2 heterocycles. The molecule has 1 N–H and O–H groups in total. The zero-order valence-electron chi connectivity index (χ0n) is 16.1. The maximum Gasteiger partial charge on any atom is 0.123 e. The van der Waals surface area contributed by atoms with E-state index in [1.165, 1.54) is 5.56 Å². The molecule has 0 radical (unpaired) electrons. The fraction of sp³-hybridized carbons (Fsp3) is 0.700. The number of hydrogen-bond donors (Lipinski definition) is 1. The van der Waals surface area contributed by atoms with Crippen molar-refractivity contribution in [3.63, 3.8) is 0 Å². The number of likely N-dealkylation sites (N-methyl/N-ethyl adjacent to an activating group) is 1. The lowest BCUT2D eigenvalue weighted by Crippen LogP contribution is -2.37. The molecular weight excluding hydrogens is 330 g/mol. The number of hydrogen-bond acceptors (Lipinski definition) is 6. The lowest BCUT2D eigenvalue weighted by molar-refractivity contribution is 0.0357. The van der Waals surface area contributed by atoms with E-state index in [0.29, 0.717) is 6.54 Å². The van der Waals surface area contributed by atoms with Crippen molar-refractivity contribution in [2.75, 3.05) is 66.6 Å². The number of rotatable bonds is 8. The van der Waals surface area contributed by atoms with E-state index < -0.39 is 0 Å². The van der Waals surface area contributed by atoms with Crippen LogP contribution in [0, 0.1) is 0 Å². The molecule has 2 aliphatic rings. The Bertz CT molecular complexity index is 549. The lowest BCUT2D eigenvalue weighted by Gasteiger charge is -2.26. The van der Waals surface area contributed by atoms with Crippen LogP contribution in [0.1, 0.15) is 12.0 Å². The van der Waals surface area contributed by atoms with Gasteiger partial charge in [0.25, 0.3) is 0 Å². The molecule has 0 bridgehead atoms. The summed E-state index contributed by atoms with van der Waals surface area (Å²) in [4.78, 5) is 6.86. The van der Waals surface area contributed by atoms with Crippen LogP contribution >= 0.6 is 0 Å². The standard InChI is InChI=1S/C20H33N3O3/c1-21(2)18-15-23(16-19(18)24)14-17-6-3-4-7-20(17)26-11-5-8-22-9-12-25-13-10-22/h3-4,6-7,18-19,24H,5,8-16H2,1-2H3/t18-,19-/m0/s1. The molecule has 3 rings (SSSR count). The predicted octanol–water partition coefficient (Wildman–Crippen LogP) is 0.894. The van der Waals surface area contributed by atoms with Gasteiger partial charge < -0.3 is 19.5 Å². The molecule has 2 fully saturated rings. The summed E-state index contributed by atoms with van der Waals surface area (Å²) < 4.78 is 11.5. The maximum absolute atomic E-state index is 10.2. The Kier molecular flexibility index (Phi) is 7.28. The molecule has 1 aromatic carbocycles. The Labute approximate surface area is 157 Å². The Morgan fingerprint density at radius 2 is 1.92 bits per heavy atom. The summed E-state index contributed by atoms with van der Waals surface area (Å²) in [5.41, 5.74) is 1.20. The number of aliphatic hydroxyl groups excluding tert-OH is 1. The van der Waals surface area contributed by atoms with Crippen LogP contribution in [0.15, 0.2) is 24.3 Å². The summed E-state index contributed by atoms with van der Waals surface area (Å²) in [5, 5.41) is 10.2. The molecule has 1 aromatic rings. The van der Waals surface area contributed by atoms with Crippen LogP contribution in [0.5, 0.6) is 5.75 Å². The normalized spacial score (nSPS) is 25.1. The third-order valence-corrected chi connectivity index (χ3v) is 5.34. The van der Waals surface area contributed by atoms with Gasteiger partial charge in [-0.15, -0.1) is 0 Å². The van der Waals surface area contributed by atoms with E-state index in [2.05, 4.69) is 32.9 Å². The highest BCUT2D eigenvalue weighted by Gasteiger charge is 2.32. The van der Waals surface area contributed by atoms with Gasteiger partial charge in [0.15, 0.2) is 0 Å². The van der Waals surface area contributed by atoms with Crippen molar-refractivity contribution in [1.82, 2.24) is 14.7 Å². The van der Waals surface area contributed by atoms with E-state index in [9.17, 15) is 5.11 Å². The smallest absolute Gasteiger partial charge is 0.123 e. The van der Waals surface area contributed by atoms with Crippen LogP contribution < -0.4 is 4.74 Å². The molecule has 6 nitrogen and oxygen atoms in total. The first-order valence-electron chi connectivity index (χ1n) is 9.71. The van der Waals surface area contributed by atoms with E-state index in [-0.39, 0.29) is 12.1 Å². The van der Waals surface area contributed by atoms with Crippen LogP contribution in [0.25, 0.3) is 0 Å². The van der Waals surface area contributed by atoms with E-state index in [1.54, 1.807) is 0 Å². The minimum Gasteiger partial charge on any atom is -0.493 e. The van der Waals surface area contributed by atoms with Crippen molar-refractivity contribution >= 4 is 0 Å². The molecule has 2 saturated heterocycles. The summed E-state index contributed by atoms with van der Waals surface area (Å²) in [6.45, 7) is 7.97. The highest BCUT2D eigenvalue weighted by Crippen LogP contribution is 2.23. The van der Waals surface area contributed by atoms with E-state index in [4.69, 9.17) is 9.47 Å². The monoisotopic (exact) mass is 363 g/mol. The zero-order chi connectivity index (χ0) is 18.4. The molecular formula is C20H33N3O3. The number of ether oxygens (including phenoxy) is 2. The Morgan fingerprint density at radius 1 is 1.15 bits per heavy atom. The van der Waals surface area contributed by atoms with Crippen LogP contribution in [-0.4, -0.2) is 98.6 Å². The maximum atomic E-state index is 10.2. The van der Waals surface area contributed by atoms with E-state index in [0.717, 1.165) is 64.7 Å². The van der Waals surface area contributed by atoms with Gasteiger partial charge in [-0.3, -0.25) is 9.80 Å². The van der Waals surface area contributed by atoms with Gasteiger partial charge >= 0.3 is 0 Å². The quantitative estimate of drug-likeness (QED) is 0.693.